The zero-order valence-corrected chi connectivity index (χ0v) is 14.8. The first-order chi connectivity index (χ1) is 11.2. The van der Waals surface area contributed by atoms with Crippen LogP contribution in [0, 0.1) is 5.92 Å². The third-order valence-corrected chi connectivity index (χ3v) is 5.03. The van der Waals surface area contributed by atoms with E-state index in [1.807, 2.05) is 6.92 Å². The van der Waals surface area contributed by atoms with Crippen LogP contribution in [0.5, 0.6) is 0 Å². The zero-order chi connectivity index (χ0) is 16.7. The molecule has 1 aromatic rings. The minimum Gasteiger partial charge on any atom is -0.466 e. The number of hydrogen-bond donors (Lipinski definition) is 0. The van der Waals surface area contributed by atoms with E-state index in [1.54, 1.807) is 0 Å². The van der Waals surface area contributed by atoms with Gasteiger partial charge in [-0.15, -0.1) is 0 Å². The molecule has 0 bridgehead atoms. The third kappa shape index (κ3) is 4.57. The fraction of sp³-hybridized carbons (Fsp3) is 0.650. The molecule has 0 N–H and O–H groups in total. The van der Waals surface area contributed by atoms with Crippen LogP contribution in [0.15, 0.2) is 30.3 Å². The van der Waals surface area contributed by atoms with Gasteiger partial charge < -0.3 is 4.74 Å². The highest BCUT2D eigenvalue weighted by atomic mass is 16.5. The number of carbonyl (C=O) groups excluding carboxylic acids is 1. The minimum atomic E-state index is -0.00786. The molecule has 1 aliphatic heterocycles. The van der Waals surface area contributed by atoms with Gasteiger partial charge in [0.2, 0.25) is 0 Å². The van der Waals surface area contributed by atoms with Crippen LogP contribution in [0.2, 0.25) is 0 Å². The number of ether oxygens (including phenoxy) is 1. The van der Waals surface area contributed by atoms with Crippen LogP contribution in [0.3, 0.4) is 0 Å². The van der Waals surface area contributed by atoms with E-state index in [-0.39, 0.29) is 11.9 Å². The third-order valence-electron chi connectivity index (χ3n) is 5.03. The highest BCUT2D eigenvalue weighted by molar-refractivity contribution is 5.73. The molecule has 0 amide bonds. The van der Waals surface area contributed by atoms with Gasteiger partial charge in [0, 0.05) is 12.1 Å². The molecule has 1 saturated heterocycles. The Labute approximate surface area is 141 Å². The summed E-state index contributed by atoms with van der Waals surface area (Å²) in [6.07, 6.45) is 5.47. The van der Waals surface area contributed by atoms with E-state index in [1.165, 1.54) is 18.4 Å². The Morgan fingerprint density at radius 2 is 2.00 bits per heavy atom. The van der Waals surface area contributed by atoms with Crippen molar-refractivity contribution in [3.8, 4) is 0 Å². The fourth-order valence-electron chi connectivity index (χ4n) is 3.84. The molecule has 0 aliphatic carbocycles. The molecule has 0 aromatic heterocycles. The predicted octanol–water partition coefficient (Wildman–Crippen LogP) is 4.58. The number of hydrogen-bond acceptors (Lipinski definition) is 3. The summed E-state index contributed by atoms with van der Waals surface area (Å²) in [7, 11) is 0. The number of nitrogens with zero attached hydrogens (tertiary/aromatic N) is 1. The number of likely N-dealkylation sites (tertiary alicyclic amines) is 1. The molecule has 1 fully saturated rings. The molecule has 3 nitrogen and oxygen atoms in total. The predicted molar refractivity (Wildman–Crippen MR) is 94.2 cm³/mol. The maximum absolute atomic E-state index is 12.5. The second-order valence-electron chi connectivity index (χ2n) is 6.53. The minimum absolute atomic E-state index is 0.00594. The summed E-state index contributed by atoms with van der Waals surface area (Å²) < 4.78 is 5.38. The van der Waals surface area contributed by atoms with Crippen LogP contribution >= 0.6 is 0 Å². The highest BCUT2D eigenvalue weighted by Gasteiger charge is 2.36. The van der Waals surface area contributed by atoms with Gasteiger partial charge in [0.1, 0.15) is 0 Å². The van der Waals surface area contributed by atoms with Crippen molar-refractivity contribution in [3.05, 3.63) is 35.9 Å². The molecule has 1 aliphatic rings. The molecule has 0 radical (unpaired) electrons. The Morgan fingerprint density at radius 3 is 2.65 bits per heavy atom. The van der Waals surface area contributed by atoms with Crippen LogP contribution in [-0.2, 0) is 9.53 Å². The molecule has 3 atom stereocenters. The molecule has 2 rings (SSSR count). The van der Waals surface area contributed by atoms with Gasteiger partial charge in [-0.2, -0.15) is 0 Å². The van der Waals surface area contributed by atoms with Crippen molar-refractivity contribution in [3.63, 3.8) is 0 Å². The summed E-state index contributed by atoms with van der Waals surface area (Å²) in [6, 6.07) is 11.3. The average Bonchev–Trinajstić information content (AvgIpc) is 2.60. The Bertz CT molecular complexity index is 474. The second-order valence-corrected chi connectivity index (χ2v) is 6.53. The molecule has 0 saturated carbocycles. The van der Waals surface area contributed by atoms with Gasteiger partial charge in [0.15, 0.2) is 0 Å². The summed E-state index contributed by atoms with van der Waals surface area (Å²) in [6.45, 7) is 7.86. The summed E-state index contributed by atoms with van der Waals surface area (Å²) in [5.41, 5.74) is 1.33. The zero-order valence-electron chi connectivity index (χ0n) is 14.8. The second kappa shape index (κ2) is 9.07. The number of carbonyl (C=O) groups is 1. The first-order valence-electron chi connectivity index (χ1n) is 9.16. The lowest BCUT2D eigenvalue weighted by molar-refractivity contribution is -0.152. The topological polar surface area (TPSA) is 29.5 Å². The Hall–Kier alpha value is -1.35. The molecular formula is C20H31NO2. The first-order valence-corrected chi connectivity index (χ1v) is 9.16. The van der Waals surface area contributed by atoms with Gasteiger partial charge in [-0.05, 0) is 45.2 Å². The normalized spacial score (nSPS) is 21.6. The van der Waals surface area contributed by atoms with Gasteiger partial charge in [0.25, 0.3) is 0 Å². The molecule has 23 heavy (non-hydrogen) atoms. The lowest BCUT2D eigenvalue weighted by Crippen LogP contribution is -2.48. The van der Waals surface area contributed by atoms with E-state index < -0.39 is 0 Å². The van der Waals surface area contributed by atoms with Crippen LogP contribution in [0.1, 0.15) is 64.5 Å². The van der Waals surface area contributed by atoms with Crippen molar-refractivity contribution < 1.29 is 9.53 Å². The molecule has 128 valence electrons. The summed E-state index contributed by atoms with van der Waals surface area (Å²) in [5.74, 6) is -0.00192. The van der Waals surface area contributed by atoms with Crippen LogP contribution in [0.4, 0.5) is 0 Å². The maximum atomic E-state index is 12.5. The van der Waals surface area contributed by atoms with E-state index in [9.17, 15) is 4.79 Å². The van der Waals surface area contributed by atoms with Gasteiger partial charge in [0.05, 0.1) is 12.5 Å². The SMILES string of the molecule is CCC[C@@H](C(=O)OCC)[C@H]1CCCCN1[C@@H](C)c1ccccc1. The van der Waals surface area contributed by atoms with Crippen molar-refractivity contribution in [2.45, 2.75) is 65.0 Å². The quantitative estimate of drug-likeness (QED) is 0.689. The molecule has 0 spiro atoms. The van der Waals surface area contributed by atoms with Crippen molar-refractivity contribution in [2.24, 2.45) is 5.92 Å². The van der Waals surface area contributed by atoms with Crippen LogP contribution in [-0.4, -0.2) is 30.1 Å². The monoisotopic (exact) mass is 317 g/mol. The summed E-state index contributed by atoms with van der Waals surface area (Å²) in [5, 5.41) is 0. The summed E-state index contributed by atoms with van der Waals surface area (Å²) in [4.78, 5) is 15.0. The van der Waals surface area contributed by atoms with Crippen molar-refractivity contribution in [1.82, 2.24) is 4.90 Å². The number of piperidine rings is 1. The van der Waals surface area contributed by atoms with Gasteiger partial charge in [-0.3, -0.25) is 9.69 Å². The van der Waals surface area contributed by atoms with Gasteiger partial charge in [-0.25, -0.2) is 0 Å². The van der Waals surface area contributed by atoms with E-state index in [2.05, 4.69) is 49.1 Å². The van der Waals surface area contributed by atoms with E-state index >= 15 is 0 Å². The standard InChI is InChI=1S/C20H31NO2/c1-4-11-18(20(22)23-5-2)19-14-9-10-15-21(19)16(3)17-12-7-6-8-13-17/h6-8,12-13,16,18-19H,4-5,9-11,14-15H2,1-3H3/t16-,18+,19+/m0/s1. The fourth-order valence-corrected chi connectivity index (χ4v) is 3.84. The lowest BCUT2D eigenvalue weighted by atomic mass is 9.85. The molecule has 0 unspecified atom stereocenters. The number of esters is 1. The number of benzene rings is 1. The van der Waals surface area contributed by atoms with Crippen molar-refractivity contribution in [1.29, 1.82) is 0 Å². The average molecular weight is 317 g/mol. The van der Waals surface area contributed by atoms with E-state index in [0.717, 1.165) is 25.8 Å². The number of rotatable bonds is 7. The van der Waals surface area contributed by atoms with Crippen molar-refractivity contribution in [2.75, 3.05) is 13.2 Å². The Morgan fingerprint density at radius 1 is 1.26 bits per heavy atom. The molecule has 1 aromatic carbocycles. The lowest BCUT2D eigenvalue weighted by Gasteiger charge is -2.43. The van der Waals surface area contributed by atoms with E-state index in [4.69, 9.17) is 4.74 Å². The van der Waals surface area contributed by atoms with Crippen LogP contribution in [0.25, 0.3) is 0 Å². The molecular weight excluding hydrogens is 286 g/mol. The van der Waals surface area contributed by atoms with Crippen molar-refractivity contribution >= 4 is 5.97 Å². The van der Waals surface area contributed by atoms with Crippen LogP contribution < -0.4 is 0 Å². The first kappa shape index (κ1) is 18.0. The highest BCUT2D eigenvalue weighted by Crippen LogP contribution is 2.34. The largest absolute Gasteiger partial charge is 0.466 e. The Balaban J connectivity index is 2.20. The molecule has 3 heteroatoms. The van der Waals surface area contributed by atoms with Gasteiger partial charge >= 0.3 is 5.97 Å². The van der Waals surface area contributed by atoms with E-state index in [0.29, 0.717) is 18.7 Å². The Kier molecular flexibility index (Phi) is 7.10. The van der Waals surface area contributed by atoms with Gasteiger partial charge in [-0.1, -0.05) is 50.1 Å². The molecule has 1 heterocycles. The smallest absolute Gasteiger partial charge is 0.310 e. The maximum Gasteiger partial charge on any atom is 0.310 e. The summed E-state index contributed by atoms with van der Waals surface area (Å²) >= 11 is 0.